The lowest BCUT2D eigenvalue weighted by molar-refractivity contribution is -0.481. The number of carbonyl (C=O) groups is 1. The summed E-state index contributed by atoms with van der Waals surface area (Å²) in [5.41, 5.74) is -0.594. The van der Waals surface area contributed by atoms with Crippen molar-refractivity contribution in [2.24, 2.45) is 0 Å². The van der Waals surface area contributed by atoms with Crippen LogP contribution in [-0.2, 0) is 9.16 Å². The lowest BCUT2D eigenvalue weighted by Crippen LogP contribution is -2.45. The van der Waals surface area contributed by atoms with Gasteiger partial charge in [0.1, 0.15) is 5.60 Å². The molecule has 1 aliphatic rings. The predicted molar refractivity (Wildman–Crippen MR) is 99.9 cm³/mol. The summed E-state index contributed by atoms with van der Waals surface area (Å²) in [7, 11) is -1.97. The fourth-order valence-electron chi connectivity index (χ4n) is 2.62. The molecular formula is C17H34N2O5Si. The van der Waals surface area contributed by atoms with Crippen molar-refractivity contribution >= 4 is 14.4 Å². The predicted octanol–water partition coefficient (Wildman–Crippen LogP) is 4.05. The lowest BCUT2D eigenvalue weighted by Gasteiger charge is -2.38. The van der Waals surface area contributed by atoms with E-state index < -0.39 is 20.0 Å². The highest BCUT2D eigenvalue weighted by molar-refractivity contribution is 6.74. The van der Waals surface area contributed by atoms with E-state index in [1.807, 2.05) is 20.8 Å². The third-order valence-electron chi connectivity index (χ3n) is 4.92. The molecule has 1 saturated heterocycles. The summed E-state index contributed by atoms with van der Waals surface area (Å²) in [5, 5.41) is 10.8. The largest absolute Gasteiger partial charge is 0.444 e. The number of ether oxygens (including phenoxy) is 1. The van der Waals surface area contributed by atoms with Gasteiger partial charge in [-0.25, -0.2) is 4.79 Å². The van der Waals surface area contributed by atoms with Gasteiger partial charge in [-0.2, -0.15) is 0 Å². The maximum Gasteiger partial charge on any atom is 0.410 e. The molecule has 0 aliphatic carbocycles. The number of likely N-dealkylation sites (tertiary alicyclic amines) is 1. The van der Waals surface area contributed by atoms with Crippen LogP contribution in [0.2, 0.25) is 18.1 Å². The van der Waals surface area contributed by atoms with Gasteiger partial charge in [-0.3, -0.25) is 10.1 Å². The monoisotopic (exact) mass is 374 g/mol. The van der Waals surface area contributed by atoms with E-state index in [2.05, 4.69) is 33.9 Å². The third kappa shape index (κ3) is 6.58. The molecule has 2 atom stereocenters. The minimum absolute atomic E-state index is 0.0721. The van der Waals surface area contributed by atoms with E-state index in [4.69, 9.17) is 9.16 Å². The molecule has 8 heteroatoms. The van der Waals surface area contributed by atoms with E-state index in [0.29, 0.717) is 19.4 Å². The Kier molecular flexibility index (Phi) is 6.67. The Morgan fingerprint density at radius 1 is 1.24 bits per heavy atom. The highest BCUT2D eigenvalue weighted by Crippen LogP contribution is 2.39. The summed E-state index contributed by atoms with van der Waals surface area (Å²) in [6.07, 6.45) is 0.441. The number of rotatable bonds is 5. The van der Waals surface area contributed by atoms with Gasteiger partial charge in [0.2, 0.25) is 6.54 Å². The summed E-state index contributed by atoms with van der Waals surface area (Å²) in [6.45, 7) is 16.6. The summed E-state index contributed by atoms with van der Waals surface area (Å²) in [4.78, 5) is 24.5. The molecular weight excluding hydrogens is 340 g/mol. The van der Waals surface area contributed by atoms with Gasteiger partial charge in [-0.15, -0.1) is 0 Å². The lowest BCUT2D eigenvalue weighted by atomic mass is 10.1. The Hall–Kier alpha value is -1.15. The van der Waals surface area contributed by atoms with Crippen LogP contribution in [0.3, 0.4) is 0 Å². The van der Waals surface area contributed by atoms with Crippen molar-refractivity contribution in [3.05, 3.63) is 10.1 Å². The molecule has 25 heavy (non-hydrogen) atoms. The minimum atomic E-state index is -1.97. The summed E-state index contributed by atoms with van der Waals surface area (Å²) < 4.78 is 11.9. The van der Waals surface area contributed by atoms with Crippen molar-refractivity contribution in [3.63, 3.8) is 0 Å². The molecule has 0 spiro atoms. The van der Waals surface area contributed by atoms with Crippen LogP contribution in [-0.4, -0.2) is 55.1 Å². The standard InChI is InChI=1S/C17H34N2O5Si/c1-16(2,3)23-15(20)18-12-14(11-13(18)9-10-19(21)22)24-25(7,8)17(4,5)6/h13-14H,9-12H2,1-8H3. The average molecular weight is 375 g/mol. The van der Waals surface area contributed by atoms with Gasteiger partial charge in [0.15, 0.2) is 8.32 Å². The summed E-state index contributed by atoms with van der Waals surface area (Å²) in [5.74, 6) is 0. The molecule has 2 unspecified atom stereocenters. The number of nitrogens with zero attached hydrogens (tertiary/aromatic N) is 2. The van der Waals surface area contributed by atoms with Crippen molar-refractivity contribution in [2.45, 2.75) is 90.3 Å². The van der Waals surface area contributed by atoms with Gasteiger partial charge in [-0.05, 0) is 45.3 Å². The molecule has 0 aromatic carbocycles. The van der Waals surface area contributed by atoms with Crippen molar-refractivity contribution in [3.8, 4) is 0 Å². The maximum atomic E-state index is 12.5. The summed E-state index contributed by atoms with van der Waals surface area (Å²) in [6, 6.07) is -0.213. The van der Waals surface area contributed by atoms with Crippen LogP contribution in [0, 0.1) is 10.1 Å². The van der Waals surface area contributed by atoms with E-state index in [9.17, 15) is 14.9 Å². The number of carbonyl (C=O) groups excluding carboxylic acids is 1. The van der Waals surface area contributed by atoms with Gasteiger partial charge in [0.25, 0.3) is 0 Å². The Morgan fingerprint density at radius 3 is 2.24 bits per heavy atom. The molecule has 1 heterocycles. The molecule has 146 valence electrons. The molecule has 0 aromatic rings. The van der Waals surface area contributed by atoms with Crippen LogP contribution in [0.4, 0.5) is 4.79 Å². The van der Waals surface area contributed by atoms with Gasteiger partial charge < -0.3 is 14.1 Å². The highest BCUT2D eigenvalue weighted by Gasteiger charge is 2.44. The Bertz CT molecular complexity index is 496. The van der Waals surface area contributed by atoms with Crippen LogP contribution >= 0.6 is 0 Å². The molecule has 7 nitrogen and oxygen atoms in total. The van der Waals surface area contributed by atoms with Gasteiger partial charge >= 0.3 is 6.09 Å². The second kappa shape index (κ2) is 7.61. The summed E-state index contributed by atoms with van der Waals surface area (Å²) >= 11 is 0. The van der Waals surface area contributed by atoms with Crippen LogP contribution in [0.5, 0.6) is 0 Å². The fraction of sp³-hybridized carbons (Fsp3) is 0.941. The van der Waals surface area contributed by atoms with Crippen molar-refractivity contribution in [1.82, 2.24) is 4.90 Å². The molecule has 1 aliphatic heterocycles. The van der Waals surface area contributed by atoms with E-state index in [-0.39, 0.29) is 28.7 Å². The molecule has 1 amide bonds. The Morgan fingerprint density at radius 2 is 1.80 bits per heavy atom. The van der Waals surface area contributed by atoms with Crippen molar-refractivity contribution in [1.29, 1.82) is 0 Å². The number of hydrogen-bond acceptors (Lipinski definition) is 5. The quantitative estimate of drug-likeness (QED) is 0.412. The maximum absolute atomic E-state index is 12.5. The normalized spacial score (nSPS) is 22.2. The highest BCUT2D eigenvalue weighted by atomic mass is 28.4. The van der Waals surface area contributed by atoms with E-state index in [1.165, 1.54) is 0 Å². The van der Waals surface area contributed by atoms with E-state index in [0.717, 1.165) is 0 Å². The van der Waals surface area contributed by atoms with Crippen LogP contribution < -0.4 is 0 Å². The van der Waals surface area contributed by atoms with Gasteiger partial charge in [-0.1, -0.05) is 20.8 Å². The first-order chi connectivity index (χ1) is 11.1. The third-order valence-corrected chi connectivity index (χ3v) is 9.45. The Balaban J connectivity index is 2.86. The molecule has 0 bridgehead atoms. The number of amides is 1. The minimum Gasteiger partial charge on any atom is -0.444 e. The second-order valence-electron chi connectivity index (χ2n) is 9.37. The number of nitro groups is 1. The van der Waals surface area contributed by atoms with Crippen LogP contribution in [0.25, 0.3) is 0 Å². The van der Waals surface area contributed by atoms with Crippen LogP contribution in [0.1, 0.15) is 54.4 Å². The van der Waals surface area contributed by atoms with Crippen LogP contribution in [0.15, 0.2) is 0 Å². The molecule has 0 N–H and O–H groups in total. The Labute approximate surface area is 152 Å². The molecule has 1 fully saturated rings. The number of hydrogen-bond donors (Lipinski definition) is 0. The molecule has 0 aromatic heterocycles. The zero-order chi connectivity index (χ0) is 19.6. The second-order valence-corrected chi connectivity index (χ2v) is 14.1. The fourth-order valence-corrected chi connectivity index (χ4v) is 3.98. The first kappa shape index (κ1) is 21.9. The molecule has 1 rings (SSSR count). The molecule has 0 saturated carbocycles. The van der Waals surface area contributed by atoms with Gasteiger partial charge in [0, 0.05) is 23.9 Å². The first-order valence-corrected chi connectivity index (χ1v) is 11.8. The van der Waals surface area contributed by atoms with Gasteiger partial charge in [0.05, 0.1) is 6.10 Å². The van der Waals surface area contributed by atoms with E-state index in [1.54, 1.807) is 4.90 Å². The average Bonchev–Trinajstić information content (AvgIpc) is 2.75. The first-order valence-electron chi connectivity index (χ1n) is 8.91. The topological polar surface area (TPSA) is 81.9 Å². The smallest absolute Gasteiger partial charge is 0.410 e. The zero-order valence-corrected chi connectivity index (χ0v) is 17.9. The SMILES string of the molecule is CC(C)(C)OC(=O)N1CC(O[Si](C)(C)C(C)(C)C)CC1CC[N+](=O)[O-]. The van der Waals surface area contributed by atoms with E-state index >= 15 is 0 Å². The van der Waals surface area contributed by atoms with Crippen molar-refractivity contribution < 1.29 is 18.9 Å². The zero-order valence-electron chi connectivity index (χ0n) is 16.9. The van der Waals surface area contributed by atoms with Crippen molar-refractivity contribution in [2.75, 3.05) is 13.1 Å². The molecule has 0 radical (unpaired) electrons.